The first-order valence-electron chi connectivity index (χ1n) is 8.24. The van der Waals surface area contributed by atoms with E-state index in [0.717, 1.165) is 38.2 Å². The van der Waals surface area contributed by atoms with Crippen LogP contribution in [0.4, 0.5) is 5.82 Å². The smallest absolute Gasteiger partial charge is 0.242 e. The fourth-order valence-corrected chi connectivity index (χ4v) is 3.62. The Hall–Kier alpha value is -1.18. The maximum absolute atomic E-state index is 12.2. The lowest BCUT2D eigenvalue weighted by atomic mass is 9.98. The lowest BCUT2D eigenvalue weighted by Crippen LogP contribution is -2.35. The van der Waals surface area contributed by atoms with Gasteiger partial charge in [0.2, 0.25) is 10.0 Å². The molecule has 0 aromatic carbocycles. The summed E-state index contributed by atoms with van der Waals surface area (Å²) in [5, 5.41) is 9.17. The Kier molecular flexibility index (Phi) is 6.38. The van der Waals surface area contributed by atoms with Gasteiger partial charge in [0.15, 0.2) is 0 Å². The topological polar surface area (TPSA) is 82.5 Å². The molecule has 1 aliphatic rings. The second-order valence-corrected chi connectivity index (χ2v) is 8.31. The quantitative estimate of drug-likeness (QED) is 0.787. The molecule has 0 radical (unpaired) electrons. The number of nitrogens with one attached hydrogen (secondary N) is 1. The van der Waals surface area contributed by atoms with Crippen LogP contribution in [0.2, 0.25) is 0 Å². The third-order valence-corrected chi connectivity index (χ3v) is 5.69. The molecule has 23 heavy (non-hydrogen) atoms. The second kappa shape index (κ2) is 8.08. The average Bonchev–Trinajstić information content (AvgIpc) is 2.54. The number of aliphatic hydroxyl groups excluding tert-OH is 1. The molecule has 7 heteroatoms. The summed E-state index contributed by atoms with van der Waals surface area (Å²) in [5.41, 5.74) is 0. The zero-order valence-electron chi connectivity index (χ0n) is 13.9. The number of aliphatic hydroxyl groups is 1. The van der Waals surface area contributed by atoms with Crippen molar-refractivity contribution >= 4 is 15.8 Å². The van der Waals surface area contributed by atoms with Gasteiger partial charge in [-0.25, -0.2) is 18.1 Å². The molecule has 2 heterocycles. The predicted molar refractivity (Wildman–Crippen MR) is 90.9 cm³/mol. The molecule has 1 aromatic rings. The number of sulfonamides is 1. The zero-order valence-corrected chi connectivity index (χ0v) is 14.7. The van der Waals surface area contributed by atoms with Crippen LogP contribution in [-0.2, 0) is 10.0 Å². The molecule has 6 nitrogen and oxygen atoms in total. The van der Waals surface area contributed by atoms with Gasteiger partial charge in [-0.2, -0.15) is 0 Å². The molecular formula is C16H27N3O3S. The van der Waals surface area contributed by atoms with E-state index < -0.39 is 10.0 Å². The van der Waals surface area contributed by atoms with Crippen LogP contribution in [0.15, 0.2) is 23.2 Å². The van der Waals surface area contributed by atoms with Gasteiger partial charge in [0.1, 0.15) is 10.7 Å². The van der Waals surface area contributed by atoms with Crippen molar-refractivity contribution in [2.75, 3.05) is 31.1 Å². The summed E-state index contributed by atoms with van der Waals surface area (Å²) in [7, 11) is -3.48. The van der Waals surface area contributed by atoms with E-state index in [-0.39, 0.29) is 11.5 Å². The van der Waals surface area contributed by atoms with Crippen molar-refractivity contribution in [2.24, 2.45) is 11.8 Å². The normalized spacial score (nSPS) is 17.0. The minimum absolute atomic E-state index is 0.204. The zero-order chi connectivity index (χ0) is 16.9. The van der Waals surface area contributed by atoms with Crippen molar-refractivity contribution in [2.45, 2.75) is 38.0 Å². The maximum Gasteiger partial charge on any atom is 0.242 e. The summed E-state index contributed by atoms with van der Waals surface area (Å²) < 4.78 is 27.0. The SMILES string of the molecule is CC(C)CCNS(=O)(=O)c1ccc(N2CCC(CO)CC2)nc1. The third kappa shape index (κ3) is 5.16. The van der Waals surface area contributed by atoms with Crippen molar-refractivity contribution in [3.05, 3.63) is 18.3 Å². The molecule has 0 spiro atoms. The highest BCUT2D eigenvalue weighted by Gasteiger charge is 2.20. The lowest BCUT2D eigenvalue weighted by Gasteiger charge is -2.31. The molecule has 0 atom stereocenters. The van der Waals surface area contributed by atoms with E-state index in [0.29, 0.717) is 18.4 Å². The van der Waals surface area contributed by atoms with E-state index in [1.165, 1.54) is 6.20 Å². The fourth-order valence-electron chi connectivity index (χ4n) is 2.63. The van der Waals surface area contributed by atoms with Gasteiger partial charge in [0.05, 0.1) is 0 Å². The van der Waals surface area contributed by atoms with E-state index in [9.17, 15) is 13.5 Å². The summed E-state index contributed by atoms with van der Waals surface area (Å²) >= 11 is 0. The number of hydrogen-bond donors (Lipinski definition) is 2. The van der Waals surface area contributed by atoms with Crippen molar-refractivity contribution in [1.82, 2.24) is 9.71 Å². The maximum atomic E-state index is 12.2. The number of nitrogens with zero attached hydrogens (tertiary/aromatic N) is 2. The molecule has 2 rings (SSSR count). The van der Waals surface area contributed by atoms with Crippen LogP contribution < -0.4 is 9.62 Å². The molecule has 2 N–H and O–H groups in total. The van der Waals surface area contributed by atoms with E-state index in [1.54, 1.807) is 12.1 Å². The first-order chi connectivity index (χ1) is 10.9. The Morgan fingerprint density at radius 2 is 2.04 bits per heavy atom. The van der Waals surface area contributed by atoms with Crippen molar-refractivity contribution < 1.29 is 13.5 Å². The Balaban J connectivity index is 1.96. The number of aromatic nitrogens is 1. The van der Waals surface area contributed by atoms with E-state index in [4.69, 9.17) is 0 Å². The third-order valence-electron chi connectivity index (χ3n) is 4.24. The molecule has 1 fully saturated rings. The number of piperidine rings is 1. The predicted octanol–water partition coefficient (Wildman–Crippen LogP) is 1.61. The van der Waals surface area contributed by atoms with E-state index >= 15 is 0 Å². The first kappa shape index (κ1) is 18.2. The molecule has 130 valence electrons. The van der Waals surface area contributed by atoms with Gasteiger partial charge in [-0.3, -0.25) is 0 Å². The summed E-state index contributed by atoms with van der Waals surface area (Å²) in [6, 6.07) is 3.37. The van der Waals surface area contributed by atoms with Crippen molar-refractivity contribution in [3.8, 4) is 0 Å². The highest BCUT2D eigenvalue weighted by Crippen LogP contribution is 2.22. The lowest BCUT2D eigenvalue weighted by molar-refractivity contribution is 0.203. The van der Waals surface area contributed by atoms with Crippen molar-refractivity contribution in [3.63, 3.8) is 0 Å². The van der Waals surface area contributed by atoms with Gasteiger partial charge >= 0.3 is 0 Å². The van der Waals surface area contributed by atoms with Gasteiger partial charge in [-0.05, 0) is 43.2 Å². The molecule has 0 amide bonds. The van der Waals surface area contributed by atoms with Crippen LogP contribution >= 0.6 is 0 Å². The largest absolute Gasteiger partial charge is 0.396 e. The molecule has 1 aromatic heterocycles. The summed E-state index contributed by atoms with van der Waals surface area (Å²) in [4.78, 5) is 6.64. The fraction of sp³-hybridized carbons (Fsp3) is 0.688. The number of pyridine rings is 1. The first-order valence-corrected chi connectivity index (χ1v) is 9.72. The van der Waals surface area contributed by atoms with Crippen LogP contribution in [0.5, 0.6) is 0 Å². The van der Waals surface area contributed by atoms with Gasteiger partial charge in [-0.15, -0.1) is 0 Å². The van der Waals surface area contributed by atoms with Crippen LogP contribution in [0.3, 0.4) is 0 Å². The van der Waals surface area contributed by atoms with E-state index in [2.05, 4.69) is 28.5 Å². The van der Waals surface area contributed by atoms with Gasteiger partial charge < -0.3 is 10.0 Å². The Labute approximate surface area is 139 Å². The van der Waals surface area contributed by atoms with Gasteiger partial charge in [0, 0.05) is 32.4 Å². The number of hydrogen-bond acceptors (Lipinski definition) is 5. The Bertz CT molecular complexity index is 579. The number of anilines is 1. The van der Waals surface area contributed by atoms with Crippen LogP contribution in [0.1, 0.15) is 33.1 Å². The standard InChI is InChI=1S/C16H27N3O3S/c1-13(2)5-8-18-23(21,22)15-3-4-16(17-11-15)19-9-6-14(12-20)7-10-19/h3-4,11,13-14,18,20H,5-10,12H2,1-2H3. The van der Waals surface area contributed by atoms with Crippen LogP contribution in [-0.4, -0.2) is 44.7 Å². The Morgan fingerprint density at radius 3 is 2.57 bits per heavy atom. The molecule has 1 aliphatic heterocycles. The molecule has 0 bridgehead atoms. The Morgan fingerprint density at radius 1 is 1.35 bits per heavy atom. The minimum atomic E-state index is -3.48. The summed E-state index contributed by atoms with van der Waals surface area (Å²) in [6.45, 7) is 6.49. The number of rotatable bonds is 7. The second-order valence-electron chi connectivity index (χ2n) is 6.55. The molecular weight excluding hydrogens is 314 g/mol. The van der Waals surface area contributed by atoms with Gasteiger partial charge in [0.25, 0.3) is 0 Å². The molecule has 0 saturated carbocycles. The monoisotopic (exact) mass is 341 g/mol. The molecule has 0 aliphatic carbocycles. The molecule has 1 saturated heterocycles. The van der Waals surface area contributed by atoms with Crippen LogP contribution in [0.25, 0.3) is 0 Å². The highest BCUT2D eigenvalue weighted by molar-refractivity contribution is 7.89. The van der Waals surface area contributed by atoms with Crippen LogP contribution in [0, 0.1) is 11.8 Å². The highest BCUT2D eigenvalue weighted by atomic mass is 32.2. The van der Waals surface area contributed by atoms with Gasteiger partial charge in [-0.1, -0.05) is 13.8 Å². The minimum Gasteiger partial charge on any atom is -0.396 e. The molecule has 0 unspecified atom stereocenters. The summed E-state index contributed by atoms with van der Waals surface area (Å²) in [6.07, 6.45) is 4.11. The average molecular weight is 341 g/mol. The van der Waals surface area contributed by atoms with E-state index in [1.807, 2.05) is 0 Å². The van der Waals surface area contributed by atoms with Crippen molar-refractivity contribution in [1.29, 1.82) is 0 Å². The summed E-state index contributed by atoms with van der Waals surface area (Å²) in [5.74, 6) is 1.62.